The zero-order chi connectivity index (χ0) is 6.69. The fraction of sp³-hybridized carbons (Fsp3) is 0.833. The molecule has 2 nitrogen and oxygen atoms in total. The van der Waals surface area contributed by atoms with Crippen molar-refractivity contribution in [2.75, 3.05) is 6.61 Å². The van der Waals surface area contributed by atoms with E-state index in [9.17, 15) is 0 Å². The molecule has 0 aromatic carbocycles. The average Bonchev–Trinajstić information content (AvgIpc) is 2.18. The van der Waals surface area contributed by atoms with E-state index in [-0.39, 0.29) is 6.61 Å². The lowest BCUT2D eigenvalue weighted by Gasteiger charge is -2.09. The van der Waals surface area contributed by atoms with Crippen molar-refractivity contribution in [2.24, 2.45) is 4.99 Å². The minimum Gasteiger partial charge on any atom is -0.396 e. The van der Waals surface area contributed by atoms with Crippen LogP contribution in [0.1, 0.15) is 13.3 Å². The minimum atomic E-state index is 0.283. The standard InChI is InChI=1S/C6H11NOS/c1-5-6(2-3-8)9-4-7-5/h4-6,8H,2-3H2,1H3. The predicted octanol–water partition coefficient (Wildman–Crippen LogP) is 0.901. The summed E-state index contributed by atoms with van der Waals surface area (Å²) in [6.07, 6.45) is 0.867. The van der Waals surface area contributed by atoms with E-state index in [4.69, 9.17) is 5.11 Å². The third kappa shape index (κ3) is 1.69. The molecule has 1 aliphatic rings. The van der Waals surface area contributed by atoms with Crippen LogP contribution in [0.3, 0.4) is 0 Å². The molecule has 2 unspecified atom stereocenters. The average molecular weight is 145 g/mol. The van der Waals surface area contributed by atoms with Gasteiger partial charge in [-0.25, -0.2) is 0 Å². The maximum Gasteiger partial charge on any atom is 0.0600 e. The topological polar surface area (TPSA) is 32.6 Å². The summed E-state index contributed by atoms with van der Waals surface area (Å²) in [6, 6.07) is 0.405. The minimum absolute atomic E-state index is 0.283. The SMILES string of the molecule is CC1N=CSC1CCO. The van der Waals surface area contributed by atoms with Gasteiger partial charge in [-0.05, 0) is 13.3 Å². The monoisotopic (exact) mass is 145 g/mol. The molecule has 2 atom stereocenters. The first-order chi connectivity index (χ1) is 4.34. The molecule has 0 saturated heterocycles. The van der Waals surface area contributed by atoms with Crippen LogP contribution in [-0.2, 0) is 0 Å². The number of aliphatic hydroxyl groups excluding tert-OH is 1. The molecule has 0 saturated carbocycles. The Morgan fingerprint density at radius 3 is 3.00 bits per heavy atom. The van der Waals surface area contributed by atoms with Crippen LogP contribution in [0.15, 0.2) is 4.99 Å². The largest absolute Gasteiger partial charge is 0.396 e. The highest BCUT2D eigenvalue weighted by atomic mass is 32.2. The van der Waals surface area contributed by atoms with Gasteiger partial charge in [0.25, 0.3) is 0 Å². The fourth-order valence-electron chi connectivity index (χ4n) is 0.855. The molecule has 3 heteroatoms. The quantitative estimate of drug-likeness (QED) is 0.626. The first kappa shape index (κ1) is 7.09. The fourth-order valence-corrected chi connectivity index (χ4v) is 1.81. The number of aliphatic hydroxyl groups is 1. The highest BCUT2D eigenvalue weighted by molar-refractivity contribution is 8.12. The first-order valence-electron chi connectivity index (χ1n) is 3.12. The molecule has 52 valence electrons. The summed E-state index contributed by atoms with van der Waals surface area (Å²) < 4.78 is 0. The van der Waals surface area contributed by atoms with E-state index in [1.807, 2.05) is 5.55 Å². The zero-order valence-electron chi connectivity index (χ0n) is 5.45. The van der Waals surface area contributed by atoms with Crippen molar-refractivity contribution in [3.8, 4) is 0 Å². The van der Waals surface area contributed by atoms with E-state index in [0.717, 1.165) is 6.42 Å². The van der Waals surface area contributed by atoms with Gasteiger partial charge in [0.2, 0.25) is 0 Å². The van der Waals surface area contributed by atoms with Crippen molar-refractivity contribution in [2.45, 2.75) is 24.6 Å². The summed E-state index contributed by atoms with van der Waals surface area (Å²) in [5, 5.41) is 9.10. The number of rotatable bonds is 2. The normalized spacial score (nSPS) is 33.6. The van der Waals surface area contributed by atoms with Crippen LogP contribution in [-0.4, -0.2) is 28.6 Å². The van der Waals surface area contributed by atoms with Crippen molar-refractivity contribution in [1.82, 2.24) is 0 Å². The predicted molar refractivity (Wildman–Crippen MR) is 41.0 cm³/mol. The molecule has 0 radical (unpaired) electrons. The molecule has 1 rings (SSSR count). The smallest absolute Gasteiger partial charge is 0.0600 e. The lowest BCUT2D eigenvalue weighted by atomic mass is 10.2. The molecule has 1 heterocycles. The Labute approximate surface area is 59.4 Å². The van der Waals surface area contributed by atoms with Gasteiger partial charge in [-0.2, -0.15) is 0 Å². The van der Waals surface area contributed by atoms with E-state index in [2.05, 4.69) is 11.9 Å². The summed E-state index contributed by atoms with van der Waals surface area (Å²) in [5.41, 5.74) is 1.88. The molecular weight excluding hydrogens is 134 g/mol. The summed E-state index contributed by atoms with van der Waals surface area (Å²) in [6.45, 7) is 2.36. The second-order valence-electron chi connectivity index (χ2n) is 2.18. The van der Waals surface area contributed by atoms with Crippen molar-refractivity contribution in [1.29, 1.82) is 0 Å². The second-order valence-corrected chi connectivity index (χ2v) is 3.27. The Morgan fingerprint density at radius 1 is 1.78 bits per heavy atom. The maximum absolute atomic E-state index is 8.58. The molecule has 0 amide bonds. The summed E-state index contributed by atoms with van der Waals surface area (Å²) in [5.74, 6) is 0. The third-order valence-electron chi connectivity index (χ3n) is 1.48. The highest BCUT2D eigenvalue weighted by Gasteiger charge is 2.19. The van der Waals surface area contributed by atoms with Gasteiger partial charge in [-0.15, -0.1) is 11.8 Å². The van der Waals surface area contributed by atoms with Gasteiger partial charge in [0.05, 0.1) is 11.6 Å². The lowest BCUT2D eigenvalue weighted by Crippen LogP contribution is -2.14. The van der Waals surface area contributed by atoms with Gasteiger partial charge in [0.15, 0.2) is 0 Å². The zero-order valence-corrected chi connectivity index (χ0v) is 6.27. The van der Waals surface area contributed by atoms with Crippen LogP contribution in [0.5, 0.6) is 0 Å². The Kier molecular flexibility index (Phi) is 2.54. The van der Waals surface area contributed by atoms with E-state index in [1.165, 1.54) is 0 Å². The lowest BCUT2D eigenvalue weighted by molar-refractivity contribution is 0.284. The van der Waals surface area contributed by atoms with Gasteiger partial charge >= 0.3 is 0 Å². The summed E-state index contributed by atoms with van der Waals surface area (Å²) >= 11 is 1.72. The summed E-state index contributed by atoms with van der Waals surface area (Å²) in [4.78, 5) is 4.16. The summed E-state index contributed by atoms with van der Waals surface area (Å²) in [7, 11) is 0. The number of thioether (sulfide) groups is 1. The molecule has 0 aliphatic carbocycles. The second kappa shape index (κ2) is 3.22. The third-order valence-corrected chi connectivity index (χ3v) is 2.71. The van der Waals surface area contributed by atoms with Gasteiger partial charge < -0.3 is 5.11 Å². The van der Waals surface area contributed by atoms with E-state index < -0.39 is 0 Å². The molecule has 1 N–H and O–H groups in total. The van der Waals surface area contributed by atoms with Crippen LogP contribution in [0, 0.1) is 0 Å². The van der Waals surface area contributed by atoms with Gasteiger partial charge in [-0.3, -0.25) is 4.99 Å². The van der Waals surface area contributed by atoms with Crippen molar-refractivity contribution in [3.05, 3.63) is 0 Å². The van der Waals surface area contributed by atoms with Crippen LogP contribution in [0.4, 0.5) is 0 Å². The Hall–Kier alpha value is -0.0200. The first-order valence-corrected chi connectivity index (χ1v) is 4.07. The Morgan fingerprint density at radius 2 is 2.56 bits per heavy atom. The van der Waals surface area contributed by atoms with Crippen molar-refractivity contribution in [3.63, 3.8) is 0 Å². The van der Waals surface area contributed by atoms with E-state index in [0.29, 0.717) is 11.3 Å². The van der Waals surface area contributed by atoms with E-state index in [1.54, 1.807) is 11.8 Å². The Bertz CT molecular complexity index is 116. The number of hydrogen-bond donors (Lipinski definition) is 1. The number of aliphatic imine (C=N–C) groups is 1. The van der Waals surface area contributed by atoms with Crippen LogP contribution in [0.2, 0.25) is 0 Å². The molecule has 0 aromatic heterocycles. The van der Waals surface area contributed by atoms with Gasteiger partial charge in [0.1, 0.15) is 0 Å². The number of nitrogens with zero attached hydrogens (tertiary/aromatic N) is 1. The van der Waals surface area contributed by atoms with Crippen molar-refractivity contribution < 1.29 is 5.11 Å². The van der Waals surface area contributed by atoms with Gasteiger partial charge in [-0.1, -0.05) is 0 Å². The van der Waals surface area contributed by atoms with E-state index >= 15 is 0 Å². The molecule has 0 aromatic rings. The number of hydrogen-bond acceptors (Lipinski definition) is 3. The molecule has 0 spiro atoms. The molecule has 0 bridgehead atoms. The van der Waals surface area contributed by atoms with Crippen LogP contribution < -0.4 is 0 Å². The van der Waals surface area contributed by atoms with Crippen LogP contribution >= 0.6 is 11.8 Å². The molecular formula is C6H11NOS. The molecule has 9 heavy (non-hydrogen) atoms. The van der Waals surface area contributed by atoms with Crippen LogP contribution in [0.25, 0.3) is 0 Å². The Balaban J connectivity index is 2.28. The molecule has 0 fully saturated rings. The van der Waals surface area contributed by atoms with Crippen molar-refractivity contribution >= 4 is 17.3 Å². The highest BCUT2D eigenvalue weighted by Crippen LogP contribution is 2.23. The molecule has 1 aliphatic heterocycles. The maximum atomic E-state index is 8.58. The van der Waals surface area contributed by atoms with Gasteiger partial charge in [0, 0.05) is 11.9 Å².